The van der Waals surface area contributed by atoms with Crippen LogP contribution in [0.5, 0.6) is 11.5 Å². The molecule has 1 heterocycles. The zero-order valence-electron chi connectivity index (χ0n) is 13.4. The minimum Gasteiger partial charge on any atom is -0.508 e. The van der Waals surface area contributed by atoms with Crippen LogP contribution in [0.3, 0.4) is 0 Å². The number of ether oxygens (including phenoxy) is 2. The lowest BCUT2D eigenvalue weighted by atomic mass is 10.0. The highest BCUT2D eigenvalue weighted by molar-refractivity contribution is 5.88. The summed E-state index contributed by atoms with van der Waals surface area (Å²) in [6.45, 7) is 6.57. The van der Waals surface area contributed by atoms with E-state index in [2.05, 4.69) is 18.7 Å². The molecular weight excluding hydrogens is 278 g/mol. The summed E-state index contributed by atoms with van der Waals surface area (Å²) < 4.78 is 11.0. The molecule has 2 aromatic carbocycles. The Kier molecular flexibility index (Phi) is 4.23. The molecule has 1 aliphatic rings. The van der Waals surface area contributed by atoms with Crippen LogP contribution in [0.15, 0.2) is 30.3 Å². The second-order valence-electron chi connectivity index (χ2n) is 6.07. The van der Waals surface area contributed by atoms with Crippen molar-refractivity contribution in [2.24, 2.45) is 0 Å². The fraction of sp³-hybridized carbons (Fsp3) is 0.444. The van der Waals surface area contributed by atoms with Gasteiger partial charge in [-0.1, -0.05) is 12.1 Å². The third-order valence-corrected chi connectivity index (χ3v) is 4.41. The Bertz CT molecular complexity index is 671. The Morgan fingerprint density at radius 1 is 1.27 bits per heavy atom. The average Bonchev–Trinajstić information content (AvgIpc) is 2.53. The molecule has 0 spiro atoms. The van der Waals surface area contributed by atoms with Gasteiger partial charge in [0.05, 0.1) is 19.8 Å². The highest BCUT2D eigenvalue weighted by Crippen LogP contribution is 2.32. The summed E-state index contributed by atoms with van der Waals surface area (Å²) in [5.74, 6) is 1.15. The quantitative estimate of drug-likeness (QED) is 0.945. The largest absolute Gasteiger partial charge is 0.508 e. The lowest BCUT2D eigenvalue weighted by Gasteiger charge is -2.37. The van der Waals surface area contributed by atoms with E-state index >= 15 is 0 Å². The monoisotopic (exact) mass is 301 g/mol. The highest BCUT2D eigenvalue weighted by atomic mass is 16.5. The van der Waals surface area contributed by atoms with Crippen LogP contribution in [-0.2, 0) is 11.3 Å². The van der Waals surface area contributed by atoms with E-state index in [0.717, 1.165) is 35.2 Å². The van der Waals surface area contributed by atoms with Crippen molar-refractivity contribution < 1.29 is 14.6 Å². The van der Waals surface area contributed by atoms with Crippen molar-refractivity contribution in [3.8, 4) is 11.5 Å². The van der Waals surface area contributed by atoms with Gasteiger partial charge in [0, 0.05) is 24.7 Å². The third kappa shape index (κ3) is 2.89. The molecule has 0 saturated carbocycles. The molecule has 118 valence electrons. The van der Waals surface area contributed by atoms with Crippen LogP contribution < -0.4 is 4.74 Å². The first-order valence-electron chi connectivity index (χ1n) is 7.72. The zero-order chi connectivity index (χ0) is 15.7. The van der Waals surface area contributed by atoms with Gasteiger partial charge in [0.1, 0.15) is 11.5 Å². The van der Waals surface area contributed by atoms with Crippen LogP contribution in [0.1, 0.15) is 19.4 Å². The van der Waals surface area contributed by atoms with E-state index in [4.69, 9.17) is 9.47 Å². The number of hydrogen-bond acceptors (Lipinski definition) is 4. The molecule has 2 unspecified atom stereocenters. The number of rotatable bonds is 3. The second kappa shape index (κ2) is 6.15. The van der Waals surface area contributed by atoms with Gasteiger partial charge in [-0.3, -0.25) is 4.90 Å². The van der Waals surface area contributed by atoms with Gasteiger partial charge >= 0.3 is 0 Å². The van der Waals surface area contributed by atoms with Crippen LogP contribution in [0.2, 0.25) is 0 Å². The van der Waals surface area contributed by atoms with Crippen molar-refractivity contribution in [3.63, 3.8) is 0 Å². The molecule has 22 heavy (non-hydrogen) atoms. The molecule has 3 rings (SSSR count). The Morgan fingerprint density at radius 2 is 2.05 bits per heavy atom. The Hall–Kier alpha value is -1.78. The van der Waals surface area contributed by atoms with Crippen LogP contribution in [0.4, 0.5) is 0 Å². The molecule has 1 aliphatic heterocycles. The number of morpholine rings is 1. The van der Waals surface area contributed by atoms with Gasteiger partial charge in [-0.05, 0) is 42.8 Å². The third-order valence-electron chi connectivity index (χ3n) is 4.41. The van der Waals surface area contributed by atoms with Crippen molar-refractivity contribution in [1.82, 2.24) is 4.90 Å². The van der Waals surface area contributed by atoms with Crippen LogP contribution >= 0.6 is 0 Å². The van der Waals surface area contributed by atoms with E-state index in [-0.39, 0.29) is 6.10 Å². The number of benzene rings is 2. The molecule has 0 amide bonds. The first kappa shape index (κ1) is 15.1. The second-order valence-corrected chi connectivity index (χ2v) is 6.07. The summed E-state index contributed by atoms with van der Waals surface area (Å²) in [6, 6.07) is 10.0. The Balaban J connectivity index is 1.99. The van der Waals surface area contributed by atoms with E-state index in [1.807, 2.05) is 24.3 Å². The molecule has 1 N–H and O–H groups in total. The number of fused-ring (bicyclic) bond motifs is 1. The molecular formula is C18H23NO3. The number of aromatic hydroxyl groups is 1. The molecule has 1 fully saturated rings. The SMILES string of the molecule is COc1ccc2ccc(O)c(CN3CC(C)OCC3C)c2c1. The van der Waals surface area contributed by atoms with E-state index in [1.165, 1.54) is 0 Å². The summed E-state index contributed by atoms with van der Waals surface area (Å²) in [5.41, 5.74) is 0.956. The normalized spacial score (nSPS) is 22.9. The maximum atomic E-state index is 10.4. The van der Waals surface area contributed by atoms with E-state index < -0.39 is 0 Å². The average molecular weight is 301 g/mol. The number of phenolic OH excluding ortho intramolecular Hbond substituents is 1. The minimum atomic E-state index is 0.225. The van der Waals surface area contributed by atoms with Gasteiger partial charge in [0.2, 0.25) is 0 Å². The van der Waals surface area contributed by atoms with Gasteiger partial charge < -0.3 is 14.6 Å². The summed E-state index contributed by atoms with van der Waals surface area (Å²) in [4.78, 5) is 2.36. The lowest BCUT2D eigenvalue weighted by molar-refractivity contribution is -0.0527. The standard InChI is InChI=1S/C18H23NO3/c1-12-11-22-13(2)9-19(12)10-17-16-8-15(21-3)6-4-14(16)5-7-18(17)20/h4-8,12-13,20H,9-11H2,1-3H3. The van der Waals surface area contributed by atoms with Crippen molar-refractivity contribution in [2.45, 2.75) is 32.5 Å². The van der Waals surface area contributed by atoms with Gasteiger partial charge in [0.15, 0.2) is 0 Å². The summed E-state index contributed by atoms with van der Waals surface area (Å²) in [7, 11) is 1.66. The maximum absolute atomic E-state index is 10.4. The van der Waals surface area contributed by atoms with Crippen LogP contribution in [0, 0.1) is 0 Å². The number of phenols is 1. The molecule has 0 aliphatic carbocycles. The molecule has 1 saturated heterocycles. The van der Waals surface area contributed by atoms with Gasteiger partial charge in [-0.15, -0.1) is 0 Å². The first-order chi connectivity index (χ1) is 10.6. The maximum Gasteiger partial charge on any atom is 0.120 e. The summed E-state index contributed by atoms with van der Waals surface area (Å²) in [6.07, 6.45) is 0.225. The topological polar surface area (TPSA) is 41.9 Å². The predicted molar refractivity (Wildman–Crippen MR) is 87.5 cm³/mol. The van der Waals surface area contributed by atoms with Crippen LogP contribution in [-0.4, -0.2) is 42.4 Å². The Labute approximate surface area is 131 Å². The fourth-order valence-corrected chi connectivity index (χ4v) is 3.04. The first-order valence-corrected chi connectivity index (χ1v) is 7.72. The fourth-order valence-electron chi connectivity index (χ4n) is 3.04. The van der Waals surface area contributed by atoms with E-state index in [0.29, 0.717) is 18.3 Å². The van der Waals surface area contributed by atoms with Gasteiger partial charge in [-0.2, -0.15) is 0 Å². The van der Waals surface area contributed by atoms with Crippen molar-refractivity contribution >= 4 is 10.8 Å². The highest BCUT2D eigenvalue weighted by Gasteiger charge is 2.24. The van der Waals surface area contributed by atoms with Gasteiger partial charge in [0.25, 0.3) is 0 Å². The molecule has 4 nitrogen and oxygen atoms in total. The minimum absolute atomic E-state index is 0.225. The molecule has 0 aromatic heterocycles. The Morgan fingerprint density at radius 3 is 2.82 bits per heavy atom. The molecule has 4 heteroatoms. The summed E-state index contributed by atoms with van der Waals surface area (Å²) in [5, 5.41) is 12.5. The molecule has 2 aromatic rings. The smallest absolute Gasteiger partial charge is 0.120 e. The van der Waals surface area contributed by atoms with Gasteiger partial charge in [-0.25, -0.2) is 0 Å². The zero-order valence-corrected chi connectivity index (χ0v) is 13.4. The number of hydrogen-bond donors (Lipinski definition) is 1. The molecule has 0 bridgehead atoms. The molecule has 2 atom stereocenters. The van der Waals surface area contributed by atoms with Crippen molar-refractivity contribution in [1.29, 1.82) is 0 Å². The van der Waals surface area contributed by atoms with Crippen molar-refractivity contribution in [2.75, 3.05) is 20.3 Å². The lowest BCUT2D eigenvalue weighted by Crippen LogP contribution is -2.46. The van der Waals surface area contributed by atoms with Crippen LogP contribution in [0.25, 0.3) is 10.8 Å². The predicted octanol–water partition coefficient (Wildman–Crippen LogP) is 3.16. The number of nitrogens with zero attached hydrogens (tertiary/aromatic N) is 1. The van der Waals surface area contributed by atoms with Crippen molar-refractivity contribution in [3.05, 3.63) is 35.9 Å². The molecule has 0 radical (unpaired) electrons. The summed E-state index contributed by atoms with van der Waals surface area (Å²) >= 11 is 0. The number of methoxy groups -OCH3 is 1. The van der Waals surface area contributed by atoms with E-state index in [1.54, 1.807) is 13.2 Å². The van der Waals surface area contributed by atoms with E-state index in [9.17, 15) is 5.11 Å².